The molecule has 0 heterocycles. The van der Waals surface area contributed by atoms with Crippen molar-refractivity contribution in [2.45, 2.75) is 26.4 Å². The third-order valence-electron chi connectivity index (χ3n) is 2.10. The molecule has 0 atom stereocenters. The molecule has 0 saturated heterocycles. The molecule has 1 rings (SSSR count). The second-order valence-corrected chi connectivity index (χ2v) is 4.50. The van der Waals surface area contributed by atoms with Gasteiger partial charge < -0.3 is 10.0 Å². The number of hydrogen-bond donors (Lipinski definition) is 1. The average molecular weight is 193 g/mol. The van der Waals surface area contributed by atoms with Gasteiger partial charge in [-0.3, -0.25) is 0 Å². The van der Waals surface area contributed by atoms with Crippen LogP contribution in [0, 0.1) is 6.92 Å². The molecule has 0 bridgehead atoms. The lowest BCUT2D eigenvalue weighted by atomic mass is 10.1. The van der Waals surface area contributed by atoms with E-state index in [1.165, 1.54) is 5.56 Å². The summed E-state index contributed by atoms with van der Waals surface area (Å²) in [5.74, 6) is 0. The Labute approximate surface area is 86.2 Å². The lowest BCUT2D eigenvalue weighted by Crippen LogP contribution is -2.36. The zero-order chi connectivity index (χ0) is 10.8. The molecule has 2 heteroatoms. The van der Waals surface area contributed by atoms with Crippen LogP contribution in [0.15, 0.2) is 24.3 Å². The van der Waals surface area contributed by atoms with Crippen LogP contribution in [-0.2, 0) is 0 Å². The van der Waals surface area contributed by atoms with E-state index < -0.39 is 5.60 Å². The minimum absolute atomic E-state index is 0.635. The van der Waals surface area contributed by atoms with Gasteiger partial charge in [-0.2, -0.15) is 0 Å². The molecule has 0 fully saturated rings. The van der Waals surface area contributed by atoms with Gasteiger partial charge in [0.2, 0.25) is 0 Å². The summed E-state index contributed by atoms with van der Waals surface area (Å²) >= 11 is 0. The third kappa shape index (κ3) is 3.38. The molecule has 2 nitrogen and oxygen atoms in total. The minimum atomic E-state index is -0.653. The van der Waals surface area contributed by atoms with Gasteiger partial charge in [0.1, 0.15) is 0 Å². The predicted molar refractivity (Wildman–Crippen MR) is 60.7 cm³/mol. The Morgan fingerprint density at radius 2 is 1.71 bits per heavy atom. The SMILES string of the molecule is Cc1ccc(N(C)CC(C)(C)O)cc1. The molecule has 0 aliphatic carbocycles. The minimum Gasteiger partial charge on any atom is -0.389 e. The van der Waals surface area contributed by atoms with Gasteiger partial charge in [0.05, 0.1) is 5.60 Å². The molecule has 0 aromatic heterocycles. The number of aryl methyl sites for hydroxylation is 1. The fourth-order valence-corrected chi connectivity index (χ4v) is 1.47. The molecule has 0 aliphatic rings. The second-order valence-electron chi connectivity index (χ2n) is 4.50. The first-order valence-corrected chi connectivity index (χ1v) is 4.89. The third-order valence-corrected chi connectivity index (χ3v) is 2.10. The standard InChI is InChI=1S/C12H19NO/c1-10-5-7-11(8-6-10)13(4)9-12(2,3)14/h5-8,14H,9H2,1-4H3. The summed E-state index contributed by atoms with van der Waals surface area (Å²) in [6, 6.07) is 8.30. The first-order valence-electron chi connectivity index (χ1n) is 4.89. The maximum atomic E-state index is 9.66. The van der Waals surface area contributed by atoms with Crippen LogP contribution in [-0.4, -0.2) is 24.3 Å². The van der Waals surface area contributed by atoms with E-state index in [4.69, 9.17) is 0 Å². The molecule has 0 radical (unpaired) electrons. The summed E-state index contributed by atoms with van der Waals surface area (Å²) in [5, 5.41) is 9.66. The monoisotopic (exact) mass is 193 g/mol. The molecule has 14 heavy (non-hydrogen) atoms. The zero-order valence-corrected chi connectivity index (χ0v) is 9.41. The van der Waals surface area contributed by atoms with E-state index in [1.54, 1.807) is 0 Å². The van der Waals surface area contributed by atoms with E-state index >= 15 is 0 Å². The number of rotatable bonds is 3. The smallest absolute Gasteiger partial charge is 0.0765 e. The van der Waals surface area contributed by atoms with E-state index in [0.717, 1.165) is 5.69 Å². The second kappa shape index (κ2) is 4.01. The Morgan fingerprint density at radius 1 is 1.21 bits per heavy atom. The van der Waals surface area contributed by atoms with Crippen molar-refractivity contribution in [3.63, 3.8) is 0 Å². The Morgan fingerprint density at radius 3 is 2.14 bits per heavy atom. The van der Waals surface area contributed by atoms with Crippen molar-refractivity contribution >= 4 is 5.69 Å². The van der Waals surface area contributed by atoms with Gasteiger partial charge in [0.15, 0.2) is 0 Å². The van der Waals surface area contributed by atoms with Crippen molar-refractivity contribution in [1.82, 2.24) is 0 Å². The molecule has 0 aliphatic heterocycles. The van der Waals surface area contributed by atoms with Gasteiger partial charge >= 0.3 is 0 Å². The Balaban J connectivity index is 2.70. The Kier molecular flexibility index (Phi) is 3.17. The summed E-state index contributed by atoms with van der Waals surface area (Å²) in [6.07, 6.45) is 0. The van der Waals surface area contributed by atoms with Crippen LogP contribution >= 0.6 is 0 Å². The molecule has 1 N–H and O–H groups in total. The van der Waals surface area contributed by atoms with Crippen molar-refractivity contribution in [1.29, 1.82) is 0 Å². The van der Waals surface area contributed by atoms with Gasteiger partial charge in [-0.25, -0.2) is 0 Å². The van der Waals surface area contributed by atoms with Crippen LogP contribution in [0.3, 0.4) is 0 Å². The summed E-state index contributed by atoms with van der Waals surface area (Å²) in [5.41, 5.74) is 1.74. The lowest BCUT2D eigenvalue weighted by Gasteiger charge is -2.27. The molecular weight excluding hydrogens is 174 g/mol. The highest BCUT2D eigenvalue weighted by Gasteiger charge is 2.15. The first-order chi connectivity index (χ1) is 6.38. The van der Waals surface area contributed by atoms with Crippen molar-refractivity contribution in [2.24, 2.45) is 0 Å². The summed E-state index contributed by atoms with van der Waals surface area (Å²) < 4.78 is 0. The van der Waals surface area contributed by atoms with Crippen LogP contribution in [0.1, 0.15) is 19.4 Å². The van der Waals surface area contributed by atoms with Gasteiger partial charge in [0, 0.05) is 19.3 Å². The van der Waals surface area contributed by atoms with E-state index in [9.17, 15) is 5.11 Å². The molecule has 1 aromatic rings. The number of likely N-dealkylation sites (N-methyl/N-ethyl adjacent to an activating group) is 1. The Hall–Kier alpha value is -1.02. The largest absolute Gasteiger partial charge is 0.389 e. The van der Waals surface area contributed by atoms with Crippen LogP contribution in [0.4, 0.5) is 5.69 Å². The lowest BCUT2D eigenvalue weighted by molar-refractivity contribution is 0.0886. The number of benzene rings is 1. The molecular formula is C12H19NO. The predicted octanol–water partition coefficient (Wildman–Crippen LogP) is 2.20. The zero-order valence-electron chi connectivity index (χ0n) is 9.41. The fourth-order valence-electron chi connectivity index (χ4n) is 1.47. The number of anilines is 1. The van der Waals surface area contributed by atoms with E-state index in [1.807, 2.05) is 20.9 Å². The van der Waals surface area contributed by atoms with Crippen LogP contribution < -0.4 is 4.90 Å². The summed E-state index contributed by atoms with van der Waals surface area (Å²) in [7, 11) is 1.99. The highest BCUT2D eigenvalue weighted by atomic mass is 16.3. The number of aliphatic hydroxyl groups is 1. The first kappa shape index (κ1) is 11.1. The molecule has 1 aromatic carbocycles. The molecule has 0 spiro atoms. The molecule has 0 unspecified atom stereocenters. The average Bonchev–Trinajstić information content (AvgIpc) is 2.02. The maximum absolute atomic E-state index is 9.66. The molecule has 78 valence electrons. The molecule has 0 saturated carbocycles. The van der Waals surface area contributed by atoms with E-state index in [2.05, 4.69) is 36.1 Å². The van der Waals surface area contributed by atoms with Crippen molar-refractivity contribution in [2.75, 3.05) is 18.5 Å². The van der Waals surface area contributed by atoms with Gasteiger partial charge in [-0.15, -0.1) is 0 Å². The summed E-state index contributed by atoms with van der Waals surface area (Å²) in [6.45, 7) is 6.34. The normalized spacial score (nSPS) is 11.5. The number of nitrogens with zero attached hydrogens (tertiary/aromatic N) is 1. The van der Waals surface area contributed by atoms with Crippen LogP contribution in [0.25, 0.3) is 0 Å². The fraction of sp³-hybridized carbons (Fsp3) is 0.500. The summed E-state index contributed by atoms with van der Waals surface area (Å²) in [4.78, 5) is 2.06. The van der Waals surface area contributed by atoms with Gasteiger partial charge in [0.25, 0.3) is 0 Å². The molecule has 0 amide bonds. The quantitative estimate of drug-likeness (QED) is 0.795. The van der Waals surface area contributed by atoms with E-state index in [0.29, 0.717) is 6.54 Å². The number of hydrogen-bond acceptors (Lipinski definition) is 2. The highest BCUT2D eigenvalue weighted by molar-refractivity contribution is 5.46. The van der Waals surface area contributed by atoms with Crippen LogP contribution in [0.2, 0.25) is 0 Å². The van der Waals surface area contributed by atoms with Gasteiger partial charge in [-0.05, 0) is 32.9 Å². The van der Waals surface area contributed by atoms with Crippen LogP contribution in [0.5, 0.6) is 0 Å². The maximum Gasteiger partial charge on any atom is 0.0765 e. The Bertz CT molecular complexity index is 284. The van der Waals surface area contributed by atoms with E-state index in [-0.39, 0.29) is 0 Å². The van der Waals surface area contributed by atoms with Crippen molar-refractivity contribution in [3.05, 3.63) is 29.8 Å². The topological polar surface area (TPSA) is 23.5 Å². The van der Waals surface area contributed by atoms with Gasteiger partial charge in [-0.1, -0.05) is 17.7 Å². The van der Waals surface area contributed by atoms with Crippen molar-refractivity contribution in [3.8, 4) is 0 Å². The highest BCUT2D eigenvalue weighted by Crippen LogP contribution is 2.15. The van der Waals surface area contributed by atoms with Crippen molar-refractivity contribution < 1.29 is 5.11 Å².